The number of benzene rings is 1. The van der Waals surface area contributed by atoms with Gasteiger partial charge in [0.2, 0.25) is 0 Å². The van der Waals surface area contributed by atoms with Gasteiger partial charge in [0.15, 0.2) is 0 Å². The SMILES string of the molecule is Nc1cccc(-c2cc(=O)[nH][nH]2)c1. The molecule has 0 bridgehead atoms. The average molecular weight is 175 g/mol. The summed E-state index contributed by atoms with van der Waals surface area (Å²) >= 11 is 0. The van der Waals surface area contributed by atoms with Crippen LogP contribution in [0.3, 0.4) is 0 Å². The van der Waals surface area contributed by atoms with Crippen molar-refractivity contribution in [1.29, 1.82) is 0 Å². The summed E-state index contributed by atoms with van der Waals surface area (Å²) in [4.78, 5) is 10.8. The lowest BCUT2D eigenvalue weighted by Crippen LogP contribution is -1.93. The number of rotatable bonds is 1. The normalized spacial score (nSPS) is 10.2. The Morgan fingerprint density at radius 1 is 1.15 bits per heavy atom. The van der Waals surface area contributed by atoms with E-state index in [1.165, 1.54) is 6.07 Å². The van der Waals surface area contributed by atoms with Crippen molar-refractivity contribution in [2.24, 2.45) is 0 Å². The molecule has 0 aliphatic rings. The molecule has 0 aliphatic carbocycles. The highest BCUT2D eigenvalue weighted by Gasteiger charge is 1.99. The van der Waals surface area contributed by atoms with Crippen LogP contribution in [0.25, 0.3) is 11.3 Å². The Kier molecular flexibility index (Phi) is 1.66. The second kappa shape index (κ2) is 2.82. The number of anilines is 1. The van der Waals surface area contributed by atoms with Crippen molar-refractivity contribution in [2.45, 2.75) is 0 Å². The van der Waals surface area contributed by atoms with Crippen LogP contribution in [0.5, 0.6) is 0 Å². The summed E-state index contributed by atoms with van der Waals surface area (Å²) < 4.78 is 0. The summed E-state index contributed by atoms with van der Waals surface area (Å²) in [5, 5.41) is 5.22. The maximum atomic E-state index is 10.8. The van der Waals surface area contributed by atoms with Crippen LogP contribution in [0.4, 0.5) is 5.69 Å². The van der Waals surface area contributed by atoms with Gasteiger partial charge in [-0.3, -0.25) is 15.0 Å². The number of aromatic amines is 2. The van der Waals surface area contributed by atoms with Crippen molar-refractivity contribution in [3.05, 3.63) is 40.7 Å². The maximum Gasteiger partial charge on any atom is 0.264 e. The average Bonchev–Trinajstić information content (AvgIpc) is 2.52. The predicted molar refractivity (Wildman–Crippen MR) is 51.3 cm³/mol. The van der Waals surface area contributed by atoms with Crippen LogP contribution < -0.4 is 11.3 Å². The van der Waals surface area contributed by atoms with Crippen molar-refractivity contribution in [2.75, 3.05) is 5.73 Å². The molecule has 0 amide bonds. The van der Waals surface area contributed by atoms with E-state index in [-0.39, 0.29) is 5.56 Å². The summed E-state index contributed by atoms with van der Waals surface area (Å²) in [7, 11) is 0. The number of hydrogen-bond acceptors (Lipinski definition) is 2. The number of H-pyrrole nitrogens is 2. The molecule has 0 aliphatic heterocycles. The number of nitrogens with two attached hydrogens (primary N) is 1. The predicted octanol–water partition coefficient (Wildman–Crippen LogP) is 0.952. The van der Waals surface area contributed by atoms with Crippen molar-refractivity contribution in [1.82, 2.24) is 10.2 Å². The fraction of sp³-hybridized carbons (Fsp3) is 0. The minimum atomic E-state index is -0.141. The van der Waals surface area contributed by atoms with Crippen LogP contribution in [-0.2, 0) is 0 Å². The third-order valence-electron chi connectivity index (χ3n) is 1.79. The Morgan fingerprint density at radius 2 is 2.00 bits per heavy atom. The van der Waals surface area contributed by atoms with Crippen LogP contribution in [0.2, 0.25) is 0 Å². The van der Waals surface area contributed by atoms with E-state index in [9.17, 15) is 4.79 Å². The summed E-state index contributed by atoms with van der Waals surface area (Å²) in [5.41, 5.74) is 7.79. The lowest BCUT2D eigenvalue weighted by molar-refractivity contribution is 1.06. The molecule has 0 atom stereocenters. The number of nitrogens with one attached hydrogen (secondary N) is 2. The number of hydrogen-bond donors (Lipinski definition) is 3. The first kappa shape index (κ1) is 7.67. The van der Waals surface area contributed by atoms with Gasteiger partial charge in [-0.1, -0.05) is 12.1 Å². The van der Waals surface area contributed by atoms with Crippen molar-refractivity contribution in [3.8, 4) is 11.3 Å². The molecule has 66 valence electrons. The molecular weight excluding hydrogens is 166 g/mol. The molecule has 2 rings (SSSR count). The third kappa shape index (κ3) is 1.46. The van der Waals surface area contributed by atoms with Crippen LogP contribution in [0.1, 0.15) is 0 Å². The molecule has 0 fully saturated rings. The van der Waals surface area contributed by atoms with E-state index in [0.717, 1.165) is 11.3 Å². The Bertz CT molecular complexity index is 469. The van der Waals surface area contributed by atoms with E-state index in [4.69, 9.17) is 5.73 Å². The topological polar surface area (TPSA) is 74.7 Å². The first-order valence-corrected chi connectivity index (χ1v) is 3.89. The van der Waals surface area contributed by atoms with E-state index >= 15 is 0 Å². The minimum Gasteiger partial charge on any atom is -0.399 e. The number of aromatic nitrogens is 2. The second-order valence-electron chi connectivity index (χ2n) is 2.80. The van der Waals surface area contributed by atoms with Gasteiger partial charge in [-0.15, -0.1) is 0 Å². The Labute approximate surface area is 74.4 Å². The smallest absolute Gasteiger partial charge is 0.264 e. The third-order valence-corrected chi connectivity index (χ3v) is 1.79. The Hall–Kier alpha value is -1.97. The fourth-order valence-electron chi connectivity index (χ4n) is 1.19. The van der Waals surface area contributed by atoms with Gasteiger partial charge in [0.25, 0.3) is 5.56 Å². The lowest BCUT2D eigenvalue weighted by atomic mass is 10.1. The fourth-order valence-corrected chi connectivity index (χ4v) is 1.19. The standard InChI is InChI=1S/C9H9N3O/c10-7-3-1-2-6(4-7)8-5-9(13)12-11-8/h1-5H,10H2,(H2,11,12,13). The highest BCUT2D eigenvalue weighted by Crippen LogP contribution is 2.16. The van der Waals surface area contributed by atoms with Gasteiger partial charge in [-0.25, -0.2) is 0 Å². The first-order valence-electron chi connectivity index (χ1n) is 3.89. The van der Waals surface area contributed by atoms with E-state index in [1.807, 2.05) is 12.1 Å². The highest BCUT2D eigenvalue weighted by molar-refractivity contribution is 5.63. The quantitative estimate of drug-likeness (QED) is 0.564. The van der Waals surface area contributed by atoms with Crippen molar-refractivity contribution < 1.29 is 0 Å². The molecule has 0 radical (unpaired) electrons. The molecule has 0 saturated heterocycles. The zero-order valence-corrected chi connectivity index (χ0v) is 6.87. The molecule has 13 heavy (non-hydrogen) atoms. The van der Waals surface area contributed by atoms with Crippen LogP contribution in [0.15, 0.2) is 35.1 Å². The van der Waals surface area contributed by atoms with Crippen molar-refractivity contribution >= 4 is 5.69 Å². The van der Waals surface area contributed by atoms with Crippen LogP contribution in [-0.4, -0.2) is 10.2 Å². The summed E-state index contributed by atoms with van der Waals surface area (Å²) in [6.45, 7) is 0. The van der Waals surface area contributed by atoms with Gasteiger partial charge in [0.05, 0.1) is 5.69 Å². The second-order valence-corrected chi connectivity index (χ2v) is 2.80. The van der Waals surface area contributed by atoms with Crippen molar-refractivity contribution in [3.63, 3.8) is 0 Å². The van der Waals surface area contributed by atoms with Crippen LogP contribution >= 0.6 is 0 Å². The summed E-state index contributed by atoms with van der Waals surface area (Å²) in [5.74, 6) is 0. The van der Waals surface area contributed by atoms with Gasteiger partial charge in [-0.05, 0) is 12.1 Å². The molecule has 4 N–H and O–H groups in total. The summed E-state index contributed by atoms with van der Waals surface area (Å²) in [6, 6.07) is 8.83. The highest BCUT2D eigenvalue weighted by atomic mass is 16.1. The van der Waals surface area contributed by atoms with E-state index in [1.54, 1.807) is 12.1 Å². The maximum absolute atomic E-state index is 10.8. The van der Waals surface area contributed by atoms with E-state index in [0.29, 0.717) is 5.69 Å². The zero-order valence-electron chi connectivity index (χ0n) is 6.87. The largest absolute Gasteiger partial charge is 0.399 e. The molecule has 1 heterocycles. The molecule has 2 aromatic rings. The molecule has 0 saturated carbocycles. The van der Waals surface area contributed by atoms with Crippen LogP contribution in [0, 0.1) is 0 Å². The van der Waals surface area contributed by atoms with Gasteiger partial charge < -0.3 is 5.73 Å². The molecule has 4 nitrogen and oxygen atoms in total. The van der Waals surface area contributed by atoms with Gasteiger partial charge in [-0.2, -0.15) is 0 Å². The molecule has 0 spiro atoms. The Balaban J connectivity index is 2.52. The summed E-state index contributed by atoms with van der Waals surface area (Å²) in [6.07, 6.45) is 0. The zero-order chi connectivity index (χ0) is 9.26. The Morgan fingerprint density at radius 3 is 2.62 bits per heavy atom. The molecule has 4 heteroatoms. The lowest BCUT2D eigenvalue weighted by Gasteiger charge is -1.97. The first-order chi connectivity index (χ1) is 6.25. The number of nitrogen functional groups attached to an aromatic ring is 1. The molecule has 0 unspecified atom stereocenters. The molecule has 1 aromatic carbocycles. The van der Waals surface area contributed by atoms with E-state index < -0.39 is 0 Å². The van der Waals surface area contributed by atoms with Gasteiger partial charge in [0.1, 0.15) is 0 Å². The molecular formula is C9H9N3O. The monoisotopic (exact) mass is 175 g/mol. The minimum absolute atomic E-state index is 0.141. The van der Waals surface area contributed by atoms with Gasteiger partial charge in [0, 0.05) is 17.3 Å². The van der Waals surface area contributed by atoms with E-state index in [2.05, 4.69) is 10.2 Å². The molecule has 1 aromatic heterocycles. The van der Waals surface area contributed by atoms with Gasteiger partial charge >= 0.3 is 0 Å².